The average Bonchev–Trinajstić information content (AvgIpc) is 2.53. The van der Waals surface area contributed by atoms with Gasteiger partial charge in [0.05, 0.1) is 22.2 Å². The van der Waals surface area contributed by atoms with Crippen molar-refractivity contribution in [3.8, 4) is 11.8 Å². The van der Waals surface area contributed by atoms with Crippen LogP contribution in [0.4, 0.5) is 5.69 Å². The molecule has 0 saturated heterocycles. The van der Waals surface area contributed by atoms with Crippen LogP contribution in [0.15, 0.2) is 36.4 Å². The maximum atomic E-state index is 11.9. The molecule has 0 atom stereocenters. The van der Waals surface area contributed by atoms with Gasteiger partial charge in [-0.15, -0.1) is 0 Å². The molecule has 0 aliphatic heterocycles. The van der Waals surface area contributed by atoms with Crippen molar-refractivity contribution in [2.75, 3.05) is 11.9 Å². The molecule has 2 aromatic rings. The molecule has 0 radical (unpaired) electrons. The summed E-state index contributed by atoms with van der Waals surface area (Å²) in [6.07, 6.45) is 0.803. The third-order valence-electron chi connectivity index (χ3n) is 3.07. The smallest absolute Gasteiger partial charge is 0.224 e. The van der Waals surface area contributed by atoms with E-state index in [4.69, 9.17) is 44.8 Å². The zero-order valence-electron chi connectivity index (χ0n) is 12.5. The molecule has 2 aromatic carbocycles. The number of anilines is 1. The van der Waals surface area contributed by atoms with E-state index in [1.165, 1.54) is 0 Å². The number of hydrogen-bond donors (Lipinski definition) is 1. The zero-order chi connectivity index (χ0) is 17.5. The van der Waals surface area contributed by atoms with Crippen LogP contribution in [0.3, 0.4) is 0 Å². The normalized spacial score (nSPS) is 10.1. The second kappa shape index (κ2) is 8.79. The van der Waals surface area contributed by atoms with Crippen molar-refractivity contribution < 1.29 is 9.53 Å². The number of carbonyl (C=O) groups is 1. The third kappa shape index (κ3) is 5.31. The average molecular weight is 384 g/mol. The highest BCUT2D eigenvalue weighted by molar-refractivity contribution is 6.35. The van der Waals surface area contributed by atoms with E-state index >= 15 is 0 Å². The minimum atomic E-state index is -0.165. The van der Waals surface area contributed by atoms with E-state index < -0.39 is 0 Å². The lowest BCUT2D eigenvalue weighted by Crippen LogP contribution is -2.12. The van der Waals surface area contributed by atoms with Gasteiger partial charge in [0, 0.05) is 17.1 Å². The Balaban J connectivity index is 1.77. The summed E-state index contributed by atoms with van der Waals surface area (Å²) in [6, 6.07) is 11.7. The molecule has 7 heteroatoms. The second-order valence-electron chi connectivity index (χ2n) is 4.88. The van der Waals surface area contributed by atoms with Crippen LogP contribution in [0.1, 0.15) is 18.4 Å². The minimum Gasteiger partial charge on any atom is -0.492 e. The minimum absolute atomic E-state index is 0.165. The van der Waals surface area contributed by atoms with Crippen molar-refractivity contribution >= 4 is 46.4 Å². The van der Waals surface area contributed by atoms with Gasteiger partial charge in [-0.3, -0.25) is 4.79 Å². The van der Waals surface area contributed by atoms with E-state index in [0.29, 0.717) is 45.1 Å². The third-order valence-corrected chi connectivity index (χ3v) is 3.92. The van der Waals surface area contributed by atoms with E-state index in [9.17, 15) is 4.79 Å². The molecule has 0 spiro atoms. The molecule has 124 valence electrons. The van der Waals surface area contributed by atoms with Crippen LogP contribution in [0.2, 0.25) is 15.1 Å². The first-order valence-corrected chi connectivity index (χ1v) is 8.20. The van der Waals surface area contributed by atoms with Gasteiger partial charge in [-0.1, -0.05) is 34.8 Å². The van der Waals surface area contributed by atoms with Gasteiger partial charge in [0.1, 0.15) is 11.8 Å². The molecule has 0 heterocycles. The first-order valence-electron chi connectivity index (χ1n) is 7.07. The van der Waals surface area contributed by atoms with Gasteiger partial charge < -0.3 is 10.1 Å². The SMILES string of the molecule is N#Cc1ccc(NC(=O)CCCOc2ccc(Cl)cc2Cl)cc1Cl. The molecule has 0 unspecified atom stereocenters. The van der Waals surface area contributed by atoms with E-state index in [-0.39, 0.29) is 12.3 Å². The molecular formula is C17H13Cl3N2O2. The molecular weight excluding hydrogens is 371 g/mol. The van der Waals surface area contributed by atoms with Gasteiger partial charge >= 0.3 is 0 Å². The van der Waals surface area contributed by atoms with Gasteiger partial charge in [0.2, 0.25) is 5.91 Å². The quantitative estimate of drug-likeness (QED) is 0.687. The van der Waals surface area contributed by atoms with Crippen molar-refractivity contribution in [3.63, 3.8) is 0 Å². The first-order chi connectivity index (χ1) is 11.5. The van der Waals surface area contributed by atoms with Crippen LogP contribution in [0, 0.1) is 11.3 Å². The van der Waals surface area contributed by atoms with E-state index in [1.807, 2.05) is 6.07 Å². The lowest BCUT2D eigenvalue weighted by molar-refractivity contribution is -0.116. The molecule has 0 aliphatic carbocycles. The van der Waals surface area contributed by atoms with Crippen LogP contribution in [-0.2, 0) is 4.79 Å². The molecule has 4 nitrogen and oxygen atoms in total. The standard InChI is InChI=1S/C17H13Cl3N2O2/c18-12-4-6-16(15(20)8-12)24-7-1-2-17(23)22-13-5-3-11(10-21)14(19)9-13/h3-6,8-9H,1-2,7H2,(H,22,23). The van der Waals surface area contributed by atoms with E-state index in [0.717, 1.165) is 0 Å². The van der Waals surface area contributed by atoms with Gasteiger partial charge in [0.25, 0.3) is 0 Å². The number of carbonyl (C=O) groups excluding carboxylic acids is 1. The number of ether oxygens (including phenoxy) is 1. The van der Waals surface area contributed by atoms with Crippen LogP contribution in [0.25, 0.3) is 0 Å². The fourth-order valence-electron chi connectivity index (χ4n) is 1.91. The fourth-order valence-corrected chi connectivity index (χ4v) is 2.60. The zero-order valence-corrected chi connectivity index (χ0v) is 14.8. The Hall–Kier alpha value is -1.93. The predicted molar refractivity (Wildman–Crippen MR) is 96.0 cm³/mol. The highest BCUT2D eigenvalue weighted by Gasteiger charge is 2.06. The Morgan fingerprint density at radius 3 is 2.58 bits per heavy atom. The number of benzene rings is 2. The van der Waals surface area contributed by atoms with Crippen molar-refractivity contribution in [2.24, 2.45) is 0 Å². The van der Waals surface area contributed by atoms with Crippen LogP contribution >= 0.6 is 34.8 Å². The summed E-state index contributed by atoms with van der Waals surface area (Å²) in [5, 5.41) is 12.8. The topological polar surface area (TPSA) is 62.1 Å². The highest BCUT2D eigenvalue weighted by atomic mass is 35.5. The number of amides is 1. The Morgan fingerprint density at radius 2 is 1.92 bits per heavy atom. The maximum absolute atomic E-state index is 11.9. The summed E-state index contributed by atoms with van der Waals surface area (Å²) in [6.45, 7) is 0.350. The van der Waals surface area contributed by atoms with Crippen LogP contribution in [-0.4, -0.2) is 12.5 Å². The molecule has 1 amide bonds. The molecule has 1 N–H and O–H groups in total. The number of nitriles is 1. The van der Waals surface area contributed by atoms with Crippen molar-refractivity contribution in [1.29, 1.82) is 5.26 Å². The summed E-state index contributed by atoms with van der Waals surface area (Å²) in [5.74, 6) is 0.363. The van der Waals surface area contributed by atoms with Crippen molar-refractivity contribution in [3.05, 3.63) is 57.0 Å². The summed E-state index contributed by atoms with van der Waals surface area (Å²) >= 11 is 17.7. The van der Waals surface area contributed by atoms with E-state index in [2.05, 4.69) is 5.32 Å². The summed E-state index contributed by atoms with van der Waals surface area (Å²) in [5.41, 5.74) is 0.911. The van der Waals surface area contributed by atoms with Gasteiger partial charge in [-0.25, -0.2) is 0 Å². The lowest BCUT2D eigenvalue weighted by atomic mass is 10.2. The largest absolute Gasteiger partial charge is 0.492 e. The Kier molecular flexibility index (Phi) is 6.74. The molecule has 0 aliphatic rings. The molecule has 0 saturated carbocycles. The van der Waals surface area contributed by atoms with E-state index in [1.54, 1.807) is 36.4 Å². The number of rotatable bonds is 6. The number of nitrogens with one attached hydrogen (secondary N) is 1. The number of nitrogens with zero attached hydrogens (tertiary/aromatic N) is 1. The molecule has 24 heavy (non-hydrogen) atoms. The predicted octanol–water partition coefficient (Wildman–Crippen LogP) is 5.32. The molecule has 2 rings (SSSR count). The molecule has 0 aromatic heterocycles. The summed E-state index contributed by atoms with van der Waals surface area (Å²) in [7, 11) is 0. The van der Waals surface area contributed by atoms with Gasteiger partial charge in [-0.2, -0.15) is 5.26 Å². The summed E-state index contributed by atoms with van der Waals surface area (Å²) in [4.78, 5) is 11.9. The van der Waals surface area contributed by atoms with Gasteiger partial charge in [-0.05, 0) is 42.8 Å². The highest BCUT2D eigenvalue weighted by Crippen LogP contribution is 2.27. The molecule has 0 fully saturated rings. The number of hydrogen-bond acceptors (Lipinski definition) is 3. The summed E-state index contributed by atoms with van der Waals surface area (Å²) < 4.78 is 5.51. The van der Waals surface area contributed by atoms with Crippen LogP contribution in [0.5, 0.6) is 5.75 Å². The fraction of sp³-hybridized carbons (Fsp3) is 0.176. The van der Waals surface area contributed by atoms with Crippen molar-refractivity contribution in [1.82, 2.24) is 0 Å². The maximum Gasteiger partial charge on any atom is 0.224 e. The lowest BCUT2D eigenvalue weighted by Gasteiger charge is -2.09. The molecule has 0 bridgehead atoms. The second-order valence-corrected chi connectivity index (χ2v) is 6.13. The Bertz CT molecular complexity index is 788. The van der Waals surface area contributed by atoms with Crippen LogP contribution < -0.4 is 10.1 Å². The number of halogens is 3. The monoisotopic (exact) mass is 382 g/mol. The first kappa shape index (κ1) is 18.4. The van der Waals surface area contributed by atoms with Crippen molar-refractivity contribution in [2.45, 2.75) is 12.8 Å². The Labute approximate surface area is 154 Å². The van der Waals surface area contributed by atoms with Gasteiger partial charge in [0.15, 0.2) is 0 Å². The Morgan fingerprint density at radius 1 is 1.12 bits per heavy atom.